The Morgan fingerprint density at radius 2 is 1.77 bits per heavy atom. The summed E-state index contributed by atoms with van der Waals surface area (Å²) in [6, 6.07) is 10.7. The number of nitrogens with one attached hydrogen (secondary N) is 2. The number of halogens is 2. The molecule has 0 saturated carbocycles. The average molecular weight is 448 g/mol. The zero-order valence-electron chi connectivity index (χ0n) is 16.6. The van der Waals surface area contributed by atoms with Gasteiger partial charge in [0.1, 0.15) is 23.3 Å². The normalized spacial score (nSPS) is 15.3. The molecular formula is C21H22F2N4O3S. The van der Waals surface area contributed by atoms with Crippen LogP contribution in [0.4, 0.5) is 14.5 Å². The first-order chi connectivity index (χ1) is 14.8. The number of hydrogen-bond donors (Lipinski definition) is 2. The van der Waals surface area contributed by atoms with Crippen molar-refractivity contribution in [3.8, 4) is 6.07 Å². The SMILES string of the molecule is N#Cc1c(F)cccc1NCCNC(=O)C1CCN(S(=O)(=O)c2ccc(F)cc2)CC1. The largest absolute Gasteiger partial charge is 0.382 e. The van der Waals surface area contributed by atoms with Crippen LogP contribution in [0, 0.1) is 28.9 Å². The van der Waals surface area contributed by atoms with Gasteiger partial charge in [0.25, 0.3) is 0 Å². The van der Waals surface area contributed by atoms with Crippen LogP contribution >= 0.6 is 0 Å². The number of hydrogen-bond acceptors (Lipinski definition) is 5. The fourth-order valence-electron chi connectivity index (χ4n) is 3.43. The molecule has 2 aromatic carbocycles. The molecule has 1 fully saturated rings. The number of nitrogens with zero attached hydrogens (tertiary/aromatic N) is 2. The summed E-state index contributed by atoms with van der Waals surface area (Å²) in [6.07, 6.45) is 0.754. The molecule has 2 aromatic rings. The number of rotatable bonds is 7. The molecule has 10 heteroatoms. The van der Waals surface area contributed by atoms with Crippen LogP contribution in [0.1, 0.15) is 18.4 Å². The molecule has 0 spiro atoms. The van der Waals surface area contributed by atoms with E-state index in [1.54, 1.807) is 12.1 Å². The minimum atomic E-state index is -3.72. The van der Waals surface area contributed by atoms with E-state index in [0.29, 0.717) is 25.1 Å². The highest BCUT2D eigenvalue weighted by Crippen LogP contribution is 2.24. The third-order valence-corrected chi connectivity index (χ3v) is 7.05. The Labute approximate surface area is 179 Å². The van der Waals surface area contributed by atoms with Gasteiger partial charge in [-0.3, -0.25) is 4.79 Å². The van der Waals surface area contributed by atoms with E-state index in [1.807, 2.05) is 0 Å². The van der Waals surface area contributed by atoms with Gasteiger partial charge in [0.2, 0.25) is 15.9 Å². The summed E-state index contributed by atoms with van der Waals surface area (Å²) >= 11 is 0. The van der Waals surface area contributed by atoms with Gasteiger partial charge in [-0.1, -0.05) is 6.07 Å². The molecule has 0 radical (unpaired) electrons. The van der Waals surface area contributed by atoms with E-state index in [4.69, 9.17) is 5.26 Å². The molecule has 1 saturated heterocycles. The summed E-state index contributed by atoms with van der Waals surface area (Å²) < 4.78 is 53.2. The lowest BCUT2D eigenvalue weighted by atomic mass is 9.97. The number of sulfonamides is 1. The van der Waals surface area contributed by atoms with Crippen LogP contribution in [-0.4, -0.2) is 44.8 Å². The Morgan fingerprint density at radius 1 is 1.10 bits per heavy atom. The van der Waals surface area contributed by atoms with Crippen LogP contribution in [0.15, 0.2) is 47.4 Å². The summed E-state index contributed by atoms with van der Waals surface area (Å²) in [7, 11) is -3.72. The number of piperidine rings is 1. The Balaban J connectivity index is 1.46. The number of nitriles is 1. The molecule has 0 aliphatic carbocycles. The quantitative estimate of drug-likeness (QED) is 0.634. The van der Waals surface area contributed by atoms with Crippen molar-refractivity contribution in [2.75, 3.05) is 31.5 Å². The van der Waals surface area contributed by atoms with Gasteiger partial charge in [-0.05, 0) is 49.2 Å². The second-order valence-corrected chi connectivity index (χ2v) is 9.06. The van der Waals surface area contributed by atoms with Crippen molar-refractivity contribution in [3.05, 3.63) is 59.7 Å². The smallest absolute Gasteiger partial charge is 0.243 e. The minimum absolute atomic E-state index is 0.0250. The molecule has 7 nitrogen and oxygen atoms in total. The first-order valence-corrected chi connectivity index (χ1v) is 11.2. The van der Waals surface area contributed by atoms with Gasteiger partial charge in [-0.2, -0.15) is 9.57 Å². The van der Waals surface area contributed by atoms with Gasteiger partial charge in [-0.25, -0.2) is 17.2 Å². The fourth-order valence-corrected chi connectivity index (χ4v) is 4.90. The molecule has 0 unspecified atom stereocenters. The van der Waals surface area contributed by atoms with Crippen LogP contribution in [0.3, 0.4) is 0 Å². The van der Waals surface area contributed by atoms with E-state index >= 15 is 0 Å². The van der Waals surface area contributed by atoms with Crippen LogP contribution in [0.2, 0.25) is 0 Å². The highest BCUT2D eigenvalue weighted by atomic mass is 32.2. The van der Waals surface area contributed by atoms with E-state index in [-0.39, 0.29) is 41.9 Å². The number of amides is 1. The summed E-state index contributed by atoms with van der Waals surface area (Å²) in [6.45, 7) is 0.978. The molecular weight excluding hydrogens is 426 g/mol. The highest BCUT2D eigenvalue weighted by molar-refractivity contribution is 7.89. The van der Waals surface area contributed by atoms with Crippen molar-refractivity contribution in [1.82, 2.24) is 9.62 Å². The van der Waals surface area contributed by atoms with E-state index in [2.05, 4.69) is 10.6 Å². The maximum atomic E-state index is 13.6. The van der Waals surface area contributed by atoms with Crippen molar-refractivity contribution in [2.45, 2.75) is 17.7 Å². The highest BCUT2D eigenvalue weighted by Gasteiger charge is 2.32. The minimum Gasteiger partial charge on any atom is -0.382 e. The van der Waals surface area contributed by atoms with Gasteiger partial charge >= 0.3 is 0 Å². The fraction of sp³-hybridized carbons (Fsp3) is 0.333. The molecule has 0 aromatic heterocycles. The molecule has 1 heterocycles. The Hall–Kier alpha value is -3.03. The summed E-state index contributed by atoms with van der Waals surface area (Å²) in [5, 5.41) is 14.7. The number of benzene rings is 2. The molecule has 1 aliphatic rings. The lowest BCUT2D eigenvalue weighted by molar-refractivity contribution is -0.126. The lowest BCUT2D eigenvalue weighted by Crippen LogP contribution is -2.43. The predicted octanol–water partition coefficient (Wildman–Crippen LogP) is 2.47. The average Bonchev–Trinajstić information content (AvgIpc) is 2.77. The number of anilines is 1. The maximum absolute atomic E-state index is 13.6. The van der Waals surface area contributed by atoms with Crippen LogP contribution in [0.5, 0.6) is 0 Å². The Bertz CT molecular complexity index is 1080. The Kier molecular flexibility index (Phi) is 7.20. The molecule has 31 heavy (non-hydrogen) atoms. The first kappa shape index (κ1) is 22.7. The van der Waals surface area contributed by atoms with E-state index < -0.39 is 21.7 Å². The van der Waals surface area contributed by atoms with Crippen LogP contribution in [0.25, 0.3) is 0 Å². The van der Waals surface area contributed by atoms with Crippen molar-refractivity contribution < 1.29 is 22.0 Å². The van der Waals surface area contributed by atoms with Gasteiger partial charge < -0.3 is 10.6 Å². The van der Waals surface area contributed by atoms with Crippen LogP contribution < -0.4 is 10.6 Å². The van der Waals surface area contributed by atoms with Gasteiger partial charge in [-0.15, -0.1) is 0 Å². The number of carbonyl (C=O) groups excluding carboxylic acids is 1. The molecule has 1 amide bonds. The van der Waals surface area contributed by atoms with Gasteiger partial charge in [0.05, 0.1) is 10.6 Å². The van der Waals surface area contributed by atoms with Crippen molar-refractivity contribution >= 4 is 21.6 Å². The molecule has 0 bridgehead atoms. The zero-order chi connectivity index (χ0) is 22.4. The lowest BCUT2D eigenvalue weighted by Gasteiger charge is -2.30. The topological polar surface area (TPSA) is 102 Å². The van der Waals surface area contributed by atoms with Crippen molar-refractivity contribution in [3.63, 3.8) is 0 Å². The molecule has 1 aliphatic heterocycles. The second kappa shape index (κ2) is 9.85. The molecule has 3 rings (SSSR count). The van der Waals surface area contributed by atoms with Crippen molar-refractivity contribution in [2.24, 2.45) is 5.92 Å². The second-order valence-electron chi connectivity index (χ2n) is 7.12. The first-order valence-electron chi connectivity index (χ1n) is 9.79. The van der Waals surface area contributed by atoms with Gasteiger partial charge in [0, 0.05) is 32.1 Å². The standard InChI is InChI=1S/C21H22F2N4O3S/c22-16-4-6-17(7-5-16)31(29,30)27-12-8-15(9-13-27)21(28)26-11-10-25-20-3-1-2-19(23)18(20)14-24/h1-7,15,25H,8-13H2,(H,26,28). The number of carbonyl (C=O) groups is 1. The molecule has 164 valence electrons. The van der Waals surface area contributed by atoms with Crippen LogP contribution in [-0.2, 0) is 14.8 Å². The third-order valence-electron chi connectivity index (χ3n) is 5.14. The molecule has 0 atom stereocenters. The Morgan fingerprint density at radius 3 is 2.42 bits per heavy atom. The summed E-state index contributed by atoms with van der Waals surface area (Å²) in [4.78, 5) is 12.4. The van der Waals surface area contributed by atoms with Crippen molar-refractivity contribution in [1.29, 1.82) is 5.26 Å². The van der Waals surface area contributed by atoms with Gasteiger partial charge in [0.15, 0.2) is 0 Å². The summed E-state index contributed by atoms with van der Waals surface area (Å²) in [5.41, 5.74) is 0.277. The third kappa shape index (κ3) is 5.37. The summed E-state index contributed by atoms with van der Waals surface area (Å²) in [5.74, 6) is -1.62. The zero-order valence-corrected chi connectivity index (χ0v) is 17.5. The van der Waals surface area contributed by atoms with E-state index in [9.17, 15) is 22.0 Å². The predicted molar refractivity (Wildman–Crippen MR) is 110 cm³/mol. The maximum Gasteiger partial charge on any atom is 0.243 e. The van der Waals surface area contributed by atoms with E-state index in [0.717, 1.165) is 12.1 Å². The van der Waals surface area contributed by atoms with E-state index in [1.165, 1.54) is 28.6 Å². The molecule has 2 N–H and O–H groups in total. The monoisotopic (exact) mass is 448 g/mol.